The minimum absolute atomic E-state index is 0.193. The second kappa shape index (κ2) is 8.16. The monoisotopic (exact) mass is 265 g/mol. The summed E-state index contributed by atoms with van der Waals surface area (Å²) in [5.41, 5.74) is 0. The van der Waals surface area contributed by atoms with Crippen LogP contribution in [0.3, 0.4) is 0 Å². The molecule has 0 radical (unpaired) electrons. The van der Waals surface area contributed by atoms with E-state index in [1.54, 1.807) is 6.08 Å². The molecule has 0 aromatic carbocycles. The van der Waals surface area contributed by atoms with Crippen LogP contribution in [-0.2, 0) is 28.8 Å². The molecule has 0 heterocycles. The maximum atomic E-state index is 9.95. The van der Waals surface area contributed by atoms with Crippen molar-refractivity contribution in [2.45, 2.75) is 56.3 Å². The van der Waals surface area contributed by atoms with E-state index in [0.717, 1.165) is 11.1 Å². The fraction of sp³-hybridized carbons (Fsp3) is 0.909. The Balaban J connectivity index is 4.22. The molecule has 0 bridgehead atoms. The van der Waals surface area contributed by atoms with Gasteiger partial charge in [-0.15, -0.1) is 0 Å². The van der Waals surface area contributed by atoms with Crippen LogP contribution in [0.2, 0.25) is 9.95 Å². The zero-order valence-corrected chi connectivity index (χ0v) is 12.5. The summed E-state index contributed by atoms with van der Waals surface area (Å²) >= 11 is -2.65. The van der Waals surface area contributed by atoms with E-state index in [1.165, 1.54) is 0 Å². The molecule has 0 saturated carbocycles. The standard InChI is InChI=1S/C4H6NO.2C3H7O.CH3.Ti/c1-2-3-5-4-6;2*1-3(2)4;;/h1-3H2;2*3H,1-2H3;1H3;/q;2*-1;;+2. The van der Waals surface area contributed by atoms with Gasteiger partial charge in [0.25, 0.3) is 0 Å². The van der Waals surface area contributed by atoms with Gasteiger partial charge in [-0.05, 0) is 0 Å². The van der Waals surface area contributed by atoms with Crippen LogP contribution in [-0.4, -0.2) is 24.8 Å². The van der Waals surface area contributed by atoms with Gasteiger partial charge in [-0.1, -0.05) is 0 Å². The summed E-state index contributed by atoms with van der Waals surface area (Å²) in [5.74, 6) is 0. The molecule has 5 heteroatoms. The molecule has 0 aromatic heterocycles. The fourth-order valence-corrected chi connectivity index (χ4v) is 6.49. The van der Waals surface area contributed by atoms with E-state index >= 15 is 0 Å². The molecular formula is C11H23NO3Ti. The molecule has 0 aliphatic rings. The number of rotatable bonds is 8. The SMILES string of the molecule is CC(C)[O][Ti]([CH3])([CH2]CCN=C=O)[O]C(C)C. The first-order valence-corrected chi connectivity index (χ1v) is 9.73. The topological polar surface area (TPSA) is 47.9 Å². The zero-order chi connectivity index (χ0) is 12.6. The third-order valence-corrected chi connectivity index (χ3v) is 6.94. The molecule has 94 valence electrons. The van der Waals surface area contributed by atoms with E-state index < -0.39 is 17.4 Å². The van der Waals surface area contributed by atoms with Crippen LogP contribution in [0.5, 0.6) is 0 Å². The molecule has 0 aliphatic carbocycles. The quantitative estimate of drug-likeness (QED) is 0.293. The molecular weight excluding hydrogens is 242 g/mol. The maximum absolute atomic E-state index is 9.95. The first-order chi connectivity index (χ1) is 7.39. The Morgan fingerprint density at radius 1 is 1.19 bits per heavy atom. The molecule has 0 spiro atoms. The van der Waals surface area contributed by atoms with Gasteiger partial charge in [-0.3, -0.25) is 0 Å². The van der Waals surface area contributed by atoms with Gasteiger partial charge in [-0.2, -0.15) is 0 Å². The van der Waals surface area contributed by atoms with Crippen LogP contribution in [0.25, 0.3) is 0 Å². The first kappa shape index (κ1) is 16.0. The predicted molar refractivity (Wildman–Crippen MR) is 60.7 cm³/mol. The molecule has 0 atom stereocenters. The Bertz CT molecular complexity index is 227. The number of isocyanates is 1. The van der Waals surface area contributed by atoms with Gasteiger partial charge in [0.15, 0.2) is 0 Å². The van der Waals surface area contributed by atoms with Gasteiger partial charge < -0.3 is 0 Å². The molecule has 0 rings (SSSR count). The van der Waals surface area contributed by atoms with E-state index in [0.29, 0.717) is 6.54 Å². The summed E-state index contributed by atoms with van der Waals surface area (Å²) in [6.07, 6.45) is 2.77. The van der Waals surface area contributed by atoms with Crippen LogP contribution in [0.1, 0.15) is 34.1 Å². The third-order valence-electron chi connectivity index (χ3n) is 1.94. The fourth-order valence-electron chi connectivity index (χ4n) is 1.67. The molecule has 4 nitrogen and oxygen atoms in total. The van der Waals surface area contributed by atoms with Gasteiger partial charge in [0, 0.05) is 0 Å². The van der Waals surface area contributed by atoms with Crippen molar-refractivity contribution in [3.8, 4) is 0 Å². The molecule has 0 fully saturated rings. The summed E-state index contributed by atoms with van der Waals surface area (Å²) < 4.78 is 12.8. The summed E-state index contributed by atoms with van der Waals surface area (Å²) in [6, 6.07) is 0. The van der Waals surface area contributed by atoms with Crippen molar-refractivity contribution in [2.75, 3.05) is 6.54 Å². The van der Waals surface area contributed by atoms with Crippen LogP contribution < -0.4 is 0 Å². The Morgan fingerprint density at radius 2 is 1.69 bits per heavy atom. The molecule has 0 saturated heterocycles. The average Bonchev–Trinajstić information content (AvgIpc) is 2.09. The van der Waals surface area contributed by atoms with Gasteiger partial charge in [0.05, 0.1) is 0 Å². The van der Waals surface area contributed by atoms with E-state index in [4.69, 9.17) is 6.64 Å². The molecule has 0 N–H and O–H groups in total. The Morgan fingerprint density at radius 3 is 2.06 bits per heavy atom. The molecule has 16 heavy (non-hydrogen) atoms. The number of hydrogen-bond donors (Lipinski definition) is 0. The zero-order valence-electron chi connectivity index (χ0n) is 10.9. The van der Waals surface area contributed by atoms with E-state index in [-0.39, 0.29) is 12.2 Å². The van der Waals surface area contributed by atoms with Crippen molar-refractivity contribution in [2.24, 2.45) is 4.99 Å². The van der Waals surface area contributed by atoms with Crippen molar-refractivity contribution < 1.29 is 28.8 Å². The minimum atomic E-state index is -2.65. The molecule has 0 amide bonds. The third kappa shape index (κ3) is 8.20. The van der Waals surface area contributed by atoms with Gasteiger partial charge in [0.2, 0.25) is 0 Å². The predicted octanol–water partition coefficient (Wildman–Crippen LogP) is 3.01. The molecule has 0 unspecified atom stereocenters. The molecule has 0 aromatic rings. The Labute approximate surface area is 103 Å². The van der Waals surface area contributed by atoms with Gasteiger partial charge in [0.1, 0.15) is 0 Å². The van der Waals surface area contributed by atoms with E-state index in [9.17, 15) is 4.79 Å². The number of nitrogens with zero attached hydrogens (tertiary/aromatic N) is 1. The normalized spacial score (nSPS) is 11.9. The van der Waals surface area contributed by atoms with E-state index in [1.807, 2.05) is 27.7 Å². The van der Waals surface area contributed by atoms with Crippen molar-refractivity contribution >= 4 is 6.08 Å². The second-order valence-electron chi connectivity index (χ2n) is 4.54. The average molecular weight is 265 g/mol. The first-order valence-electron chi connectivity index (χ1n) is 5.79. The summed E-state index contributed by atoms with van der Waals surface area (Å²) in [7, 11) is 0. The van der Waals surface area contributed by atoms with Crippen molar-refractivity contribution in [1.29, 1.82) is 0 Å². The van der Waals surface area contributed by atoms with Gasteiger partial charge >= 0.3 is 103 Å². The van der Waals surface area contributed by atoms with Crippen LogP contribution in [0.15, 0.2) is 4.99 Å². The van der Waals surface area contributed by atoms with Gasteiger partial charge in [-0.25, -0.2) is 0 Å². The van der Waals surface area contributed by atoms with Crippen LogP contribution in [0.4, 0.5) is 0 Å². The summed E-state index contributed by atoms with van der Waals surface area (Å²) in [4.78, 5) is 13.5. The molecule has 0 aliphatic heterocycles. The number of carbonyl (C=O) groups excluding carboxylic acids is 1. The number of hydrogen-bond acceptors (Lipinski definition) is 4. The van der Waals surface area contributed by atoms with E-state index in [2.05, 4.69) is 10.2 Å². The van der Waals surface area contributed by atoms with Crippen LogP contribution in [0, 0.1) is 0 Å². The second-order valence-corrected chi connectivity index (χ2v) is 9.60. The number of aliphatic imine (C=N–C) groups is 1. The van der Waals surface area contributed by atoms with Crippen molar-refractivity contribution in [3.63, 3.8) is 0 Å². The van der Waals surface area contributed by atoms with Crippen LogP contribution >= 0.6 is 0 Å². The summed E-state index contributed by atoms with van der Waals surface area (Å²) in [6.45, 7) is 8.62. The Kier molecular flexibility index (Phi) is 8.16. The Hall–Kier alpha value is 0.0143. The van der Waals surface area contributed by atoms with Crippen molar-refractivity contribution in [1.82, 2.24) is 0 Å². The summed E-state index contributed by atoms with van der Waals surface area (Å²) in [5, 5.41) is 2.12. The van der Waals surface area contributed by atoms with Crippen molar-refractivity contribution in [3.05, 3.63) is 0 Å².